The fourth-order valence-electron chi connectivity index (χ4n) is 2.46. The first-order valence-corrected chi connectivity index (χ1v) is 7.27. The van der Waals surface area contributed by atoms with E-state index in [0.717, 1.165) is 0 Å². The molecule has 0 saturated carbocycles. The summed E-state index contributed by atoms with van der Waals surface area (Å²) in [6.07, 6.45) is -2.41. The first-order chi connectivity index (χ1) is 11.2. The molecule has 1 aliphatic heterocycles. The second-order valence-corrected chi connectivity index (χ2v) is 5.73. The maximum Gasteiger partial charge on any atom is 0.202 e. The Morgan fingerprint density at radius 1 is 1.61 bits per heavy atom. The predicted molar refractivity (Wildman–Crippen MR) is 80.5 cm³/mol. The average molecular weight is 322 g/mol. The van der Waals surface area contributed by atoms with Crippen LogP contribution in [0.15, 0.2) is 6.33 Å². The summed E-state index contributed by atoms with van der Waals surface area (Å²) >= 11 is 0. The van der Waals surface area contributed by atoms with Crippen LogP contribution in [-0.2, 0) is 4.74 Å². The quantitative estimate of drug-likeness (QED) is 0.663. The third-order valence-electron chi connectivity index (χ3n) is 3.75. The molecule has 0 bridgehead atoms. The van der Waals surface area contributed by atoms with Crippen LogP contribution in [0.1, 0.15) is 38.5 Å². The van der Waals surface area contributed by atoms with Crippen molar-refractivity contribution in [1.82, 2.24) is 19.5 Å². The van der Waals surface area contributed by atoms with Crippen LogP contribution in [0.3, 0.4) is 0 Å². The number of ketones is 1. The topological polar surface area (TPSA) is 136 Å². The maximum atomic E-state index is 12.2. The normalized spacial score (nSPS) is 28.5. The van der Waals surface area contributed by atoms with E-state index in [1.807, 2.05) is 0 Å². The lowest BCUT2D eigenvalue weighted by molar-refractivity contribution is -0.0432. The molecular weight excluding hydrogens is 302 g/mol. The second kappa shape index (κ2) is 5.84. The molecule has 1 fully saturated rings. The van der Waals surface area contributed by atoms with E-state index in [4.69, 9.17) is 11.8 Å². The van der Waals surface area contributed by atoms with E-state index in [-0.39, 0.29) is 35.4 Å². The minimum atomic E-state index is -1.93. The van der Waals surface area contributed by atoms with Crippen LogP contribution in [0.5, 0.6) is 0 Å². The summed E-state index contributed by atoms with van der Waals surface area (Å²) in [6, 6.07) is 0. The zero-order chi connectivity index (χ0) is 17.6. The van der Waals surface area contributed by atoms with Gasteiger partial charge in [-0.2, -0.15) is 0 Å². The molecule has 3 heterocycles. The molecule has 0 spiro atoms. The summed E-state index contributed by atoms with van der Waals surface area (Å²) in [5.41, 5.74) is 6.46. The van der Waals surface area contributed by atoms with Gasteiger partial charge in [0, 0.05) is 12.3 Å². The van der Waals surface area contributed by atoms with Gasteiger partial charge in [0.15, 0.2) is 17.3 Å². The Hall–Kier alpha value is -2.10. The van der Waals surface area contributed by atoms with Gasteiger partial charge in [0.2, 0.25) is 5.78 Å². The highest BCUT2D eigenvalue weighted by Gasteiger charge is 2.35. The summed E-state index contributed by atoms with van der Waals surface area (Å²) in [5.74, 6) is -0.498. The number of nitrogens with two attached hydrogens (primary N) is 1. The largest absolute Gasteiger partial charge is 0.394 e. The van der Waals surface area contributed by atoms with Gasteiger partial charge in [-0.05, 0) is 0 Å². The second-order valence-electron chi connectivity index (χ2n) is 5.73. The number of carbonyl (C=O) groups is 1. The number of nitrogens with zero attached hydrogens (tertiary/aromatic N) is 4. The van der Waals surface area contributed by atoms with Crippen LogP contribution in [0.2, 0.25) is 0 Å². The number of aliphatic hydroxyl groups excluding tert-OH is 1. The van der Waals surface area contributed by atoms with Crippen molar-refractivity contribution in [3.63, 3.8) is 0 Å². The number of fused-ring (bicyclic) bond motifs is 1. The molecule has 1 aliphatic rings. The lowest BCUT2D eigenvalue weighted by Crippen LogP contribution is -2.24. The highest BCUT2D eigenvalue weighted by atomic mass is 16.5. The van der Waals surface area contributed by atoms with E-state index in [0.29, 0.717) is 5.52 Å². The van der Waals surface area contributed by atoms with Crippen molar-refractivity contribution in [2.24, 2.45) is 5.92 Å². The Bertz CT molecular complexity index is 791. The van der Waals surface area contributed by atoms with E-state index < -0.39 is 25.0 Å². The summed E-state index contributed by atoms with van der Waals surface area (Å²) in [5, 5.41) is 19.2. The Balaban J connectivity index is 2.05. The molecule has 0 radical (unpaired) electrons. The number of carbonyl (C=O) groups excluding carboxylic acids is 1. The summed E-state index contributed by atoms with van der Waals surface area (Å²) in [6.45, 7) is 2.97. The fraction of sp³-hybridized carbons (Fsp3) is 0.571. The fourth-order valence-corrected chi connectivity index (χ4v) is 2.46. The molecule has 4 N–H and O–H groups in total. The Labute approximate surface area is 133 Å². The average Bonchev–Trinajstić information content (AvgIpc) is 3.06. The van der Waals surface area contributed by atoms with Crippen molar-refractivity contribution in [2.45, 2.75) is 38.7 Å². The summed E-state index contributed by atoms with van der Waals surface area (Å²) in [7, 11) is 0. The highest BCUT2D eigenvalue weighted by molar-refractivity contribution is 5.96. The molecule has 3 rings (SSSR count). The number of anilines is 1. The molecule has 0 aliphatic carbocycles. The van der Waals surface area contributed by atoms with Crippen LogP contribution in [0.4, 0.5) is 5.82 Å². The summed E-state index contributed by atoms with van der Waals surface area (Å²) < 4.78 is 14.8. The SMILES string of the molecule is [2H][C@]1(O)C[C@H](n2cnc3c(N)nc(C(=O)C(C)C)nc32)O[C@@H]1CO. The number of hydrogen-bond donors (Lipinski definition) is 3. The molecule has 0 amide bonds. The molecule has 2 aromatic rings. The van der Waals surface area contributed by atoms with Crippen LogP contribution < -0.4 is 5.73 Å². The molecule has 2 aromatic heterocycles. The molecular formula is C14H19N5O4. The van der Waals surface area contributed by atoms with Crippen molar-refractivity contribution in [3.8, 4) is 0 Å². The van der Waals surface area contributed by atoms with Crippen molar-refractivity contribution in [1.29, 1.82) is 0 Å². The minimum absolute atomic E-state index is 0.0189. The standard InChI is InChI=1S/C14H19N5O4/c1-6(2)11(22)13-17-12(15)10-14(18-13)19(5-16-10)9-3-7(21)8(4-20)23-9/h5-9,20-21H,3-4H2,1-2H3,(H2,15,17,18)/t7-,8+,9+/m0/s1/i7D. The van der Waals surface area contributed by atoms with Crippen LogP contribution in [0.25, 0.3) is 11.2 Å². The molecule has 23 heavy (non-hydrogen) atoms. The smallest absolute Gasteiger partial charge is 0.202 e. The van der Waals surface area contributed by atoms with Crippen molar-refractivity contribution < 1.29 is 21.1 Å². The third-order valence-corrected chi connectivity index (χ3v) is 3.75. The molecule has 124 valence electrons. The van der Waals surface area contributed by atoms with Gasteiger partial charge in [0.1, 0.15) is 17.8 Å². The van der Waals surface area contributed by atoms with Gasteiger partial charge in [-0.15, -0.1) is 0 Å². The van der Waals surface area contributed by atoms with Crippen LogP contribution in [0, 0.1) is 5.92 Å². The lowest BCUT2D eigenvalue weighted by atomic mass is 10.1. The Morgan fingerprint density at radius 3 is 2.96 bits per heavy atom. The first kappa shape index (κ1) is 14.5. The van der Waals surface area contributed by atoms with Gasteiger partial charge in [-0.25, -0.2) is 15.0 Å². The highest BCUT2D eigenvalue weighted by Crippen LogP contribution is 2.31. The number of hydrogen-bond acceptors (Lipinski definition) is 8. The number of Topliss-reactive ketones (excluding diaryl/α,β-unsaturated/α-hetero) is 1. The number of ether oxygens (including phenoxy) is 1. The third kappa shape index (κ3) is 2.67. The minimum Gasteiger partial charge on any atom is -0.394 e. The Kier molecular flexibility index (Phi) is 3.68. The maximum absolute atomic E-state index is 12.2. The monoisotopic (exact) mass is 322 g/mol. The number of aromatic nitrogens is 4. The molecule has 9 heteroatoms. The van der Waals surface area contributed by atoms with Gasteiger partial charge < -0.3 is 20.7 Å². The van der Waals surface area contributed by atoms with Crippen molar-refractivity contribution in [3.05, 3.63) is 12.2 Å². The van der Waals surface area contributed by atoms with Crippen LogP contribution >= 0.6 is 0 Å². The van der Waals surface area contributed by atoms with Gasteiger partial charge in [0.25, 0.3) is 0 Å². The van der Waals surface area contributed by atoms with Crippen LogP contribution in [-0.4, -0.2) is 54.3 Å². The Morgan fingerprint density at radius 2 is 2.35 bits per heavy atom. The molecule has 1 saturated heterocycles. The van der Waals surface area contributed by atoms with Gasteiger partial charge in [0.05, 0.1) is 20.4 Å². The van der Waals surface area contributed by atoms with E-state index in [2.05, 4.69) is 15.0 Å². The molecule has 0 unspecified atom stereocenters. The van der Waals surface area contributed by atoms with Gasteiger partial charge >= 0.3 is 0 Å². The van der Waals surface area contributed by atoms with Gasteiger partial charge in [-0.1, -0.05) is 13.8 Å². The molecule has 0 aromatic carbocycles. The van der Waals surface area contributed by atoms with Crippen molar-refractivity contribution >= 4 is 22.8 Å². The zero-order valence-electron chi connectivity index (χ0n) is 13.8. The zero-order valence-corrected chi connectivity index (χ0v) is 12.8. The first-order valence-electron chi connectivity index (χ1n) is 7.77. The van der Waals surface area contributed by atoms with E-state index in [1.54, 1.807) is 13.8 Å². The lowest BCUT2D eigenvalue weighted by Gasteiger charge is -2.14. The van der Waals surface area contributed by atoms with Gasteiger partial charge in [-0.3, -0.25) is 9.36 Å². The van der Waals surface area contributed by atoms with E-state index in [1.165, 1.54) is 10.9 Å². The number of nitrogen functional groups attached to an aromatic ring is 1. The number of aliphatic hydroxyl groups is 2. The summed E-state index contributed by atoms with van der Waals surface area (Å²) in [4.78, 5) is 24.5. The van der Waals surface area contributed by atoms with E-state index >= 15 is 0 Å². The number of imidazole rings is 1. The van der Waals surface area contributed by atoms with Crippen molar-refractivity contribution in [2.75, 3.05) is 12.3 Å². The van der Waals surface area contributed by atoms with E-state index in [9.17, 15) is 15.0 Å². The molecule has 9 nitrogen and oxygen atoms in total. The number of rotatable bonds is 4. The predicted octanol–water partition coefficient (Wildman–Crippen LogP) is -0.112. The molecule has 3 atom stereocenters.